The van der Waals surface area contributed by atoms with Crippen LogP contribution in [0.4, 0.5) is 0 Å². The molecule has 0 fully saturated rings. The van der Waals surface area contributed by atoms with Gasteiger partial charge in [-0.2, -0.15) is 0 Å². The molecule has 290 valence electrons. The summed E-state index contributed by atoms with van der Waals surface area (Å²) in [4.78, 5) is 10.2. The van der Waals surface area contributed by atoms with Gasteiger partial charge in [-0.3, -0.25) is 0 Å². The first-order chi connectivity index (χ1) is 30.7. The second-order valence-electron chi connectivity index (χ2n) is 15.8. The van der Waals surface area contributed by atoms with E-state index >= 15 is 0 Å². The number of benzene rings is 9. The molecule has 0 aliphatic rings. The molecule has 0 unspecified atom stereocenters. The quantitative estimate of drug-likeness (QED) is 0.161. The summed E-state index contributed by atoms with van der Waals surface area (Å²) in [5.41, 5.74) is 16.5. The Kier molecular flexibility index (Phi) is 8.46. The van der Waals surface area contributed by atoms with Crippen molar-refractivity contribution >= 4 is 43.6 Å². The van der Waals surface area contributed by atoms with Gasteiger partial charge in [-0.15, -0.1) is 0 Å². The van der Waals surface area contributed by atoms with Crippen molar-refractivity contribution in [3.05, 3.63) is 231 Å². The lowest BCUT2D eigenvalue weighted by Gasteiger charge is -2.12. The molecule has 0 bridgehead atoms. The highest BCUT2D eigenvalue weighted by Crippen LogP contribution is 2.41. The fraction of sp³-hybridized carbons (Fsp3) is 0. The maximum absolute atomic E-state index is 5.15. The highest BCUT2D eigenvalue weighted by atomic mass is 15.0. The van der Waals surface area contributed by atoms with Gasteiger partial charge in [0.2, 0.25) is 0 Å². The van der Waals surface area contributed by atoms with Gasteiger partial charge in [0.1, 0.15) is 0 Å². The molecule has 0 aliphatic heterocycles. The van der Waals surface area contributed by atoms with E-state index in [2.05, 4.69) is 215 Å². The molecule has 4 nitrogen and oxygen atoms in total. The highest BCUT2D eigenvalue weighted by Gasteiger charge is 2.19. The molecule has 0 aliphatic carbocycles. The summed E-state index contributed by atoms with van der Waals surface area (Å²) in [6.07, 6.45) is 0. The van der Waals surface area contributed by atoms with Crippen LogP contribution in [0.5, 0.6) is 0 Å². The first-order valence-electron chi connectivity index (χ1n) is 21.1. The van der Waals surface area contributed by atoms with Gasteiger partial charge in [0.25, 0.3) is 0 Å². The molecule has 12 rings (SSSR count). The van der Waals surface area contributed by atoms with Crippen LogP contribution in [0, 0.1) is 0 Å². The molecule has 3 aromatic heterocycles. The van der Waals surface area contributed by atoms with Gasteiger partial charge in [0.05, 0.1) is 33.5 Å². The lowest BCUT2D eigenvalue weighted by atomic mass is 9.97. The molecule has 0 saturated heterocycles. The Labute approximate surface area is 359 Å². The Balaban J connectivity index is 0.991. The average Bonchev–Trinajstić information content (AvgIpc) is 3.87. The number of aromatic nitrogens is 4. The molecular formula is C58H38N4. The first-order valence-corrected chi connectivity index (χ1v) is 21.1. The minimum absolute atomic E-state index is 0.707. The van der Waals surface area contributed by atoms with Crippen molar-refractivity contribution in [2.75, 3.05) is 0 Å². The fourth-order valence-corrected chi connectivity index (χ4v) is 9.28. The van der Waals surface area contributed by atoms with Gasteiger partial charge >= 0.3 is 0 Å². The van der Waals surface area contributed by atoms with Crippen LogP contribution in [0.2, 0.25) is 0 Å². The lowest BCUT2D eigenvalue weighted by Crippen LogP contribution is -1.96. The smallest absolute Gasteiger partial charge is 0.160 e. The van der Waals surface area contributed by atoms with Crippen molar-refractivity contribution in [2.45, 2.75) is 0 Å². The summed E-state index contributed by atoms with van der Waals surface area (Å²) >= 11 is 0. The number of hydrogen-bond donors (Lipinski definition) is 0. The van der Waals surface area contributed by atoms with Crippen LogP contribution < -0.4 is 0 Å². The van der Waals surface area contributed by atoms with E-state index in [1.165, 1.54) is 54.8 Å². The molecule has 9 aromatic carbocycles. The minimum atomic E-state index is 0.707. The highest BCUT2D eigenvalue weighted by molar-refractivity contribution is 6.16. The zero-order valence-corrected chi connectivity index (χ0v) is 33.7. The average molecular weight is 791 g/mol. The maximum Gasteiger partial charge on any atom is 0.160 e. The van der Waals surface area contributed by atoms with Crippen LogP contribution in [0.25, 0.3) is 111 Å². The van der Waals surface area contributed by atoms with Crippen LogP contribution in [0.1, 0.15) is 0 Å². The fourth-order valence-electron chi connectivity index (χ4n) is 9.28. The standard InChI is InChI=1S/C58H38N4/c1-4-17-39(18-5-1)51-38-52(60-58(59-51)40-19-6-2-7-20-40)44-23-14-22-43(35-44)47-29-16-32-55-57(47)50-28-11-13-31-54(50)62(55)46-26-15-21-41(36-46)42-33-34-49-48-27-10-12-30-53(48)61(56(49)37-42)45-24-8-3-9-25-45/h1-38H. The van der Waals surface area contributed by atoms with E-state index in [9.17, 15) is 0 Å². The molecule has 0 N–H and O–H groups in total. The zero-order chi connectivity index (χ0) is 41.0. The topological polar surface area (TPSA) is 35.6 Å². The van der Waals surface area contributed by atoms with Gasteiger partial charge in [0.15, 0.2) is 5.82 Å². The molecule has 0 saturated carbocycles. The summed E-state index contributed by atoms with van der Waals surface area (Å²) in [6.45, 7) is 0. The summed E-state index contributed by atoms with van der Waals surface area (Å²) in [5, 5.41) is 4.93. The van der Waals surface area contributed by atoms with E-state index in [4.69, 9.17) is 9.97 Å². The predicted octanol–water partition coefficient (Wildman–Crippen LogP) is 15.0. The van der Waals surface area contributed by atoms with E-state index in [0.29, 0.717) is 5.82 Å². The number of hydrogen-bond acceptors (Lipinski definition) is 2. The third-order valence-corrected chi connectivity index (χ3v) is 12.1. The summed E-state index contributed by atoms with van der Waals surface area (Å²) in [5.74, 6) is 0.707. The van der Waals surface area contributed by atoms with Crippen molar-refractivity contribution in [1.29, 1.82) is 0 Å². The normalized spacial score (nSPS) is 11.5. The number of nitrogens with zero attached hydrogens (tertiary/aromatic N) is 4. The Morgan fingerprint density at radius 2 is 0.790 bits per heavy atom. The largest absolute Gasteiger partial charge is 0.309 e. The molecule has 0 radical (unpaired) electrons. The van der Waals surface area contributed by atoms with Crippen molar-refractivity contribution < 1.29 is 0 Å². The second kappa shape index (κ2) is 14.7. The lowest BCUT2D eigenvalue weighted by molar-refractivity contribution is 1.18. The van der Waals surface area contributed by atoms with Gasteiger partial charge in [-0.1, -0.05) is 170 Å². The SMILES string of the molecule is c1ccc(-c2cc(-c3cccc(-c4cccc5c4c4ccccc4n5-c4cccc(-c5ccc6c7ccccc7n(-c7ccccc7)c6c5)c4)c3)nc(-c3ccccc3)n2)cc1. The van der Waals surface area contributed by atoms with Crippen LogP contribution in [0.3, 0.4) is 0 Å². The number of fused-ring (bicyclic) bond motifs is 6. The summed E-state index contributed by atoms with van der Waals surface area (Å²) in [7, 11) is 0. The van der Waals surface area contributed by atoms with E-state index < -0.39 is 0 Å². The van der Waals surface area contributed by atoms with Gasteiger partial charge < -0.3 is 9.13 Å². The van der Waals surface area contributed by atoms with Gasteiger partial charge in [-0.05, 0) is 82.9 Å². The van der Waals surface area contributed by atoms with E-state index in [1.807, 2.05) is 24.3 Å². The van der Waals surface area contributed by atoms with Crippen molar-refractivity contribution in [3.63, 3.8) is 0 Å². The third kappa shape index (κ3) is 6.00. The maximum atomic E-state index is 5.15. The Morgan fingerprint density at radius 1 is 0.274 bits per heavy atom. The second-order valence-corrected chi connectivity index (χ2v) is 15.8. The van der Waals surface area contributed by atoms with Crippen LogP contribution in [0.15, 0.2) is 231 Å². The first kappa shape index (κ1) is 35.6. The van der Waals surface area contributed by atoms with Gasteiger partial charge in [0, 0.05) is 49.6 Å². The number of rotatable bonds is 7. The number of para-hydroxylation sites is 3. The molecule has 0 spiro atoms. The van der Waals surface area contributed by atoms with Crippen LogP contribution in [-0.4, -0.2) is 19.1 Å². The van der Waals surface area contributed by atoms with Crippen molar-refractivity contribution in [3.8, 4) is 67.5 Å². The van der Waals surface area contributed by atoms with Crippen molar-refractivity contribution in [2.24, 2.45) is 0 Å². The molecule has 3 heterocycles. The molecular weight excluding hydrogens is 753 g/mol. The summed E-state index contributed by atoms with van der Waals surface area (Å²) < 4.78 is 4.81. The predicted molar refractivity (Wildman–Crippen MR) is 258 cm³/mol. The molecule has 12 aromatic rings. The third-order valence-electron chi connectivity index (χ3n) is 12.1. The summed E-state index contributed by atoms with van der Waals surface area (Å²) in [6, 6.07) is 82.2. The Morgan fingerprint density at radius 3 is 1.58 bits per heavy atom. The van der Waals surface area contributed by atoms with Gasteiger partial charge in [-0.25, -0.2) is 9.97 Å². The molecule has 4 heteroatoms. The van der Waals surface area contributed by atoms with Crippen LogP contribution >= 0.6 is 0 Å². The molecule has 0 atom stereocenters. The minimum Gasteiger partial charge on any atom is -0.309 e. The van der Waals surface area contributed by atoms with E-state index in [-0.39, 0.29) is 0 Å². The molecule has 62 heavy (non-hydrogen) atoms. The van der Waals surface area contributed by atoms with E-state index in [1.54, 1.807) is 0 Å². The van der Waals surface area contributed by atoms with Crippen LogP contribution in [-0.2, 0) is 0 Å². The Bertz CT molecular complexity index is 3560. The molecule has 0 amide bonds. The monoisotopic (exact) mass is 790 g/mol. The van der Waals surface area contributed by atoms with Crippen molar-refractivity contribution in [1.82, 2.24) is 19.1 Å². The zero-order valence-electron chi connectivity index (χ0n) is 33.7. The van der Waals surface area contributed by atoms with E-state index in [0.717, 1.165) is 50.5 Å². The Hall–Kier alpha value is -8.34.